The Morgan fingerprint density at radius 2 is 1.50 bits per heavy atom. The Kier molecular flexibility index (Phi) is 8.16. The van der Waals surface area contributed by atoms with Gasteiger partial charge in [0.25, 0.3) is 0 Å². The number of hydrogen-bond donors (Lipinski definition) is 6. The summed E-state index contributed by atoms with van der Waals surface area (Å²) in [6.07, 6.45) is -2.25. The van der Waals surface area contributed by atoms with Gasteiger partial charge in [0, 0.05) is 24.5 Å². The van der Waals surface area contributed by atoms with Crippen molar-refractivity contribution in [2.24, 2.45) is 11.3 Å². The monoisotopic (exact) mass is 294 g/mol. The van der Waals surface area contributed by atoms with Crippen LogP contribution in [0.5, 0.6) is 0 Å². The molecule has 0 radical (unpaired) electrons. The largest absolute Gasteiger partial charge is 0.396 e. The molecule has 0 aromatic carbocycles. The van der Waals surface area contributed by atoms with Gasteiger partial charge in [0.2, 0.25) is 0 Å². The van der Waals surface area contributed by atoms with E-state index in [9.17, 15) is 25.5 Å². The smallest absolute Gasteiger partial charge is 0.124 e. The summed E-state index contributed by atoms with van der Waals surface area (Å²) in [5.41, 5.74) is -3.11. The van der Waals surface area contributed by atoms with Crippen LogP contribution in [0.4, 0.5) is 0 Å². The van der Waals surface area contributed by atoms with Crippen molar-refractivity contribution in [2.75, 3.05) is 19.8 Å². The number of aliphatic hydroxyl groups is 6. The number of rotatable bonds is 10. The normalized spacial score (nSPS) is 20.2. The zero-order valence-corrected chi connectivity index (χ0v) is 12.7. The Hall–Kier alpha value is -0.240. The first-order chi connectivity index (χ1) is 9.31. The molecule has 6 nitrogen and oxygen atoms in total. The van der Waals surface area contributed by atoms with E-state index in [1.807, 2.05) is 0 Å². The molecular formula is C14H30O6. The van der Waals surface area contributed by atoms with E-state index >= 15 is 0 Å². The molecule has 122 valence electrons. The minimum absolute atomic E-state index is 0.118. The molecule has 0 fully saturated rings. The zero-order chi connectivity index (χ0) is 16.0. The lowest BCUT2D eigenvalue weighted by Gasteiger charge is -2.52. The van der Waals surface area contributed by atoms with Crippen LogP contribution in [0.3, 0.4) is 0 Å². The summed E-state index contributed by atoms with van der Waals surface area (Å²) in [6.45, 7) is 3.95. The molecule has 4 atom stereocenters. The predicted molar refractivity (Wildman–Crippen MR) is 75.0 cm³/mol. The minimum Gasteiger partial charge on any atom is -0.396 e. The average Bonchev–Trinajstić information content (AvgIpc) is 2.47. The molecule has 0 rings (SSSR count). The van der Waals surface area contributed by atoms with Crippen LogP contribution in [0.1, 0.15) is 40.0 Å². The molecule has 0 aliphatic heterocycles. The Labute approximate surface area is 120 Å². The summed E-state index contributed by atoms with van der Waals surface area (Å²) >= 11 is 0. The van der Waals surface area contributed by atoms with Gasteiger partial charge in [-0.25, -0.2) is 0 Å². The Morgan fingerprint density at radius 3 is 1.80 bits per heavy atom. The van der Waals surface area contributed by atoms with Crippen molar-refractivity contribution in [3.05, 3.63) is 0 Å². The highest BCUT2D eigenvalue weighted by Gasteiger charge is 2.57. The molecule has 6 heteroatoms. The maximum absolute atomic E-state index is 11.0. The van der Waals surface area contributed by atoms with E-state index in [2.05, 4.69) is 0 Å². The standard InChI is InChI=1S/C14H30O6/c1-4-13(5-2,9-17)14(20,11(18)6-7-15)12(19)10(3)8-16/h10-12,15-20H,4-9H2,1-3H3. The fraction of sp³-hybridized carbons (Fsp3) is 1.00. The minimum atomic E-state index is -2.00. The molecule has 0 bridgehead atoms. The third kappa shape index (κ3) is 3.32. The van der Waals surface area contributed by atoms with Crippen LogP contribution in [0.25, 0.3) is 0 Å². The Morgan fingerprint density at radius 1 is 1.00 bits per heavy atom. The van der Waals surface area contributed by atoms with Crippen molar-refractivity contribution < 1.29 is 30.6 Å². The predicted octanol–water partition coefficient (Wildman–Crippen LogP) is -0.751. The first-order valence-corrected chi connectivity index (χ1v) is 7.22. The van der Waals surface area contributed by atoms with Crippen LogP contribution in [-0.2, 0) is 0 Å². The molecule has 0 aromatic heterocycles. The highest BCUT2D eigenvalue weighted by molar-refractivity contribution is 5.07. The quantitative estimate of drug-likeness (QED) is 0.315. The van der Waals surface area contributed by atoms with Crippen LogP contribution in [0.15, 0.2) is 0 Å². The third-order valence-corrected chi connectivity index (χ3v) is 4.69. The van der Waals surface area contributed by atoms with E-state index in [0.29, 0.717) is 12.8 Å². The van der Waals surface area contributed by atoms with Gasteiger partial charge in [0.1, 0.15) is 5.60 Å². The molecule has 0 saturated heterocycles. The second kappa shape index (κ2) is 8.26. The molecule has 0 heterocycles. The van der Waals surface area contributed by atoms with Gasteiger partial charge in [0.05, 0.1) is 18.8 Å². The molecule has 6 N–H and O–H groups in total. The van der Waals surface area contributed by atoms with Gasteiger partial charge in [-0.15, -0.1) is 0 Å². The lowest BCUT2D eigenvalue weighted by Crippen LogP contribution is -2.66. The van der Waals surface area contributed by atoms with Gasteiger partial charge in [-0.2, -0.15) is 0 Å². The average molecular weight is 294 g/mol. The molecule has 0 spiro atoms. The molecule has 20 heavy (non-hydrogen) atoms. The SMILES string of the molecule is CCC(CC)(CO)C(O)(C(O)CCO)C(O)C(C)CO. The van der Waals surface area contributed by atoms with Crippen molar-refractivity contribution in [2.45, 2.75) is 57.8 Å². The summed E-state index contributed by atoms with van der Waals surface area (Å²) in [6, 6.07) is 0. The van der Waals surface area contributed by atoms with Gasteiger partial charge in [-0.05, 0) is 19.3 Å². The van der Waals surface area contributed by atoms with Crippen molar-refractivity contribution in [1.82, 2.24) is 0 Å². The topological polar surface area (TPSA) is 121 Å². The maximum atomic E-state index is 11.0. The first kappa shape index (κ1) is 19.8. The summed E-state index contributed by atoms with van der Waals surface area (Å²) in [5, 5.41) is 59.6. The summed E-state index contributed by atoms with van der Waals surface area (Å²) in [7, 11) is 0. The van der Waals surface area contributed by atoms with E-state index in [1.54, 1.807) is 20.8 Å². The van der Waals surface area contributed by atoms with Crippen molar-refractivity contribution in [3.63, 3.8) is 0 Å². The lowest BCUT2D eigenvalue weighted by atomic mass is 9.61. The zero-order valence-electron chi connectivity index (χ0n) is 12.7. The molecule has 0 aliphatic rings. The van der Waals surface area contributed by atoms with E-state index < -0.39 is 35.7 Å². The molecule has 0 aromatic rings. The van der Waals surface area contributed by atoms with Crippen LogP contribution >= 0.6 is 0 Å². The lowest BCUT2D eigenvalue weighted by molar-refractivity contribution is -0.242. The molecule has 0 aliphatic carbocycles. The molecular weight excluding hydrogens is 264 g/mol. The van der Waals surface area contributed by atoms with Crippen LogP contribution < -0.4 is 0 Å². The fourth-order valence-corrected chi connectivity index (χ4v) is 2.91. The number of hydrogen-bond acceptors (Lipinski definition) is 6. The van der Waals surface area contributed by atoms with Crippen molar-refractivity contribution >= 4 is 0 Å². The fourth-order valence-electron chi connectivity index (χ4n) is 2.91. The van der Waals surface area contributed by atoms with Gasteiger partial charge >= 0.3 is 0 Å². The van der Waals surface area contributed by atoms with Gasteiger partial charge < -0.3 is 30.6 Å². The number of aliphatic hydroxyl groups excluding tert-OH is 5. The van der Waals surface area contributed by atoms with E-state index in [-0.39, 0.29) is 19.6 Å². The van der Waals surface area contributed by atoms with E-state index in [4.69, 9.17) is 5.11 Å². The Bertz CT molecular complexity index is 260. The second-order valence-electron chi connectivity index (χ2n) is 5.60. The molecule has 4 unspecified atom stereocenters. The van der Waals surface area contributed by atoms with Gasteiger partial charge in [-0.3, -0.25) is 0 Å². The summed E-state index contributed by atoms with van der Waals surface area (Å²) in [5.74, 6) is -0.669. The van der Waals surface area contributed by atoms with E-state index in [0.717, 1.165) is 0 Å². The summed E-state index contributed by atoms with van der Waals surface area (Å²) < 4.78 is 0. The summed E-state index contributed by atoms with van der Waals surface area (Å²) in [4.78, 5) is 0. The molecule has 0 amide bonds. The van der Waals surface area contributed by atoms with Gasteiger partial charge in [-0.1, -0.05) is 20.8 Å². The van der Waals surface area contributed by atoms with Crippen LogP contribution in [0.2, 0.25) is 0 Å². The van der Waals surface area contributed by atoms with Crippen LogP contribution in [-0.4, -0.2) is 68.3 Å². The van der Waals surface area contributed by atoms with E-state index in [1.165, 1.54) is 0 Å². The molecule has 0 saturated carbocycles. The Balaban J connectivity index is 5.78. The van der Waals surface area contributed by atoms with Gasteiger partial charge in [0.15, 0.2) is 0 Å². The van der Waals surface area contributed by atoms with Crippen molar-refractivity contribution in [3.8, 4) is 0 Å². The highest BCUT2D eigenvalue weighted by Crippen LogP contribution is 2.45. The van der Waals surface area contributed by atoms with Crippen molar-refractivity contribution in [1.29, 1.82) is 0 Å². The second-order valence-corrected chi connectivity index (χ2v) is 5.60. The third-order valence-electron chi connectivity index (χ3n) is 4.69. The highest BCUT2D eigenvalue weighted by atomic mass is 16.4. The maximum Gasteiger partial charge on any atom is 0.124 e. The first-order valence-electron chi connectivity index (χ1n) is 7.22. The van der Waals surface area contributed by atoms with Crippen LogP contribution in [0, 0.1) is 11.3 Å².